The Hall–Kier alpha value is -1.28. The maximum absolute atomic E-state index is 12.1. The third-order valence-electron chi connectivity index (χ3n) is 4.68. The number of nitrogens with zero attached hydrogens (tertiary/aromatic N) is 1. The number of ether oxygens (including phenoxy) is 6. The molecule has 3 saturated heterocycles. The van der Waals surface area contributed by atoms with E-state index in [2.05, 4.69) is 11.4 Å². The Morgan fingerprint density at radius 3 is 2.44 bits per heavy atom. The number of nitriles is 1. The van der Waals surface area contributed by atoms with Gasteiger partial charge in [0.05, 0.1) is 25.3 Å². The minimum absolute atomic E-state index is 0.171. The van der Waals surface area contributed by atoms with E-state index >= 15 is 0 Å². The highest BCUT2D eigenvalue weighted by atomic mass is 16.8. The Morgan fingerprint density at radius 2 is 1.89 bits per heavy atom. The van der Waals surface area contributed by atoms with E-state index in [0.29, 0.717) is 0 Å². The summed E-state index contributed by atoms with van der Waals surface area (Å²) in [6.45, 7) is 10.7. The molecule has 0 saturated carbocycles. The van der Waals surface area contributed by atoms with Crippen molar-refractivity contribution in [3.05, 3.63) is 0 Å². The highest BCUT2D eigenvalue weighted by molar-refractivity contribution is 5.72. The summed E-state index contributed by atoms with van der Waals surface area (Å²) < 4.78 is 34.5. The third-order valence-corrected chi connectivity index (χ3v) is 4.68. The van der Waals surface area contributed by atoms with Gasteiger partial charge in [0.1, 0.15) is 18.3 Å². The first-order valence-electron chi connectivity index (χ1n) is 9.17. The summed E-state index contributed by atoms with van der Waals surface area (Å²) in [5.41, 5.74) is -1.36. The van der Waals surface area contributed by atoms with E-state index in [4.69, 9.17) is 28.4 Å². The molecule has 0 radical (unpaired) electrons. The van der Waals surface area contributed by atoms with Gasteiger partial charge in [-0.1, -0.05) is 0 Å². The molecular weight excluding hydrogens is 356 g/mol. The molecule has 3 heterocycles. The third kappa shape index (κ3) is 3.97. The van der Waals surface area contributed by atoms with Gasteiger partial charge in [0.15, 0.2) is 23.4 Å². The standard InChI is InChI=1S/C18H28N2O7/c1-10(2)23-12(21)7-20-18(9-19)13(11-8-22-16(3,4)25-11)24-15-14(18)26-17(5,6)27-15/h10-11,13-15,20H,7-8H2,1-6H3/t11-,13-,14+,15-,18-/m1/s1. The number of fused-ring (bicyclic) bond motifs is 1. The zero-order valence-corrected chi connectivity index (χ0v) is 16.6. The average molecular weight is 384 g/mol. The normalized spacial score (nSPS) is 39.3. The molecule has 0 bridgehead atoms. The van der Waals surface area contributed by atoms with Crippen LogP contribution in [0.15, 0.2) is 0 Å². The van der Waals surface area contributed by atoms with Gasteiger partial charge in [0, 0.05) is 0 Å². The molecule has 9 heteroatoms. The van der Waals surface area contributed by atoms with Crippen molar-refractivity contribution in [1.82, 2.24) is 5.32 Å². The Morgan fingerprint density at radius 1 is 1.19 bits per heavy atom. The van der Waals surface area contributed by atoms with Crippen LogP contribution in [-0.2, 0) is 33.2 Å². The highest BCUT2D eigenvalue weighted by Crippen LogP contribution is 2.45. The van der Waals surface area contributed by atoms with E-state index in [1.807, 2.05) is 0 Å². The molecule has 27 heavy (non-hydrogen) atoms. The van der Waals surface area contributed by atoms with E-state index in [0.717, 1.165) is 0 Å². The SMILES string of the molecule is CC(C)OC(=O)CN[C@]1(C#N)[C@@H]([C@H]2COC(C)(C)O2)O[C@@H]2OC(C)(C)O[C@@H]21. The fourth-order valence-corrected chi connectivity index (χ4v) is 3.69. The molecule has 0 aromatic carbocycles. The molecule has 0 aromatic heterocycles. The minimum Gasteiger partial charge on any atom is -0.462 e. The van der Waals surface area contributed by atoms with E-state index in [1.54, 1.807) is 41.5 Å². The van der Waals surface area contributed by atoms with Crippen molar-refractivity contribution in [2.75, 3.05) is 13.2 Å². The lowest BCUT2D eigenvalue weighted by Gasteiger charge is -2.35. The second-order valence-electron chi connectivity index (χ2n) is 8.22. The van der Waals surface area contributed by atoms with Crippen molar-refractivity contribution in [3.63, 3.8) is 0 Å². The maximum atomic E-state index is 12.1. The Labute approximate surface area is 159 Å². The van der Waals surface area contributed by atoms with Gasteiger partial charge in [-0.25, -0.2) is 0 Å². The first-order chi connectivity index (χ1) is 12.5. The van der Waals surface area contributed by atoms with Crippen LogP contribution in [0.1, 0.15) is 41.5 Å². The van der Waals surface area contributed by atoms with Gasteiger partial charge in [0.25, 0.3) is 0 Å². The Kier molecular flexibility index (Phi) is 5.27. The second kappa shape index (κ2) is 6.95. The number of hydrogen-bond acceptors (Lipinski definition) is 9. The van der Waals surface area contributed by atoms with Gasteiger partial charge >= 0.3 is 5.97 Å². The van der Waals surface area contributed by atoms with Crippen LogP contribution < -0.4 is 5.32 Å². The molecule has 3 aliphatic heterocycles. The molecule has 0 spiro atoms. The first-order valence-corrected chi connectivity index (χ1v) is 9.17. The summed E-state index contributed by atoms with van der Waals surface area (Å²) in [5.74, 6) is -2.16. The Balaban J connectivity index is 1.84. The topological polar surface area (TPSA) is 108 Å². The smallest absolute Gasteiger partial charge is 0.320 e. The second-order valence-corrected chi connectivity index (χ2v) is 8.22. The van der Waals surface area contributed by atoms with E-state index in [9.17, 15) is 10.1 Å². The van der Waals surface area contributed by atoms with Crippen LogP contribution in [0.5, 0.6) is 0 Å². The molecule has 9 nitrogen and oxygen atoms in total. The molecule has 3 fully saturated rings. The lowest BCUT2D eigenvalue weighted by atomic mass is 9.86. The predicted molar refractivity (Wildman–Crippen MR) is 91.2 cm³/mol. The van der Waals surface area contributed by atoms with Crippen molar-refractivity contribution < 1.29 is 33.2 Å². The maximum Gasteiger partial charge on any atom is 0.320 e. The first kappa shape index (κ1) is 20.5. The molecule has 1 N–H and O–H groups in total. The number of esters is 1. The van der Waals surface area contributed by atoms with Crippen LogP contribution in [-0.4, -0.2) is 66.9 Å². The summed E-state index contributed by atoms with van der Waals surface area (Å²) >= 11 is 0. The van der Waals surface area contributed by atoms with Crippen molar-refractivity contribution in [3.8, 4) is 6.07 Å². The Bertz CT molecular complexity index is 630. The summed E-state index contributed by atoms with van der Waals surface area (Å²) in [6.07, 6.45) is -3.01. The van der Waals surface area contributed by atoms with Crippen LogP contribution in [0, 0.1) is 11.3 Å². The average Bonchev–Trinajstić information content (AvgIpc) is 3.13. The van der Waals surface area contributed by atoms with Gasteiger partial charge in [0.2, 0.25) is 0 Å². The molecule has 3 rings (SSSR count). The minimum atomic E-state index is -1.36. The molecular formula is C18H28N2O7. The van der Waals surface area contributed by atoms with Crippen LogP contribution in [0.3, 0.4) is 0 Å². The van der Waals surface area contributed by atoms with Crippen molar-refractivity contribution in [2.24, 2.45) is 0 Å². The number of rotatable bonds is 5. The number of nitrogens with one attached hydrogen (secondary N) is 1. The van der Waals surface area contributed by atoms with Gasteiger partial charge in [-0.2, -0.15) is 5.26 Å². The quantitative estimate of drug-likeness (QED) is 0.689. The summed E-state index contributed by atoms with van der Waals surface area (Å²) in [6, 6.07) is 2.27. The van der Waals surface area contributed by atoms with Gasteiger partial charge in [-0.15, -0.1) is 0 Å². The van der Waals surface area contributed by atoms with E-state index in [1.165, 1.54) is 0 Å². The fraction of sp³-hybridized carbons (Fsp3) is 0.889. The largest absolute Gasteiger partial charge is 0.462 e. The lowest BCUT2D eigenvalue weighted by molar-refractivity contribution is -0.227. The molecule has 0 unspecified atom stereocenters. The van der Waals surface area contributed by atoms with Gasteiger partial charge < -0.3 is 28.4 Å². The summed E-state index contributed by atoms with van der Waals surface area (Å²) in [7, 11) is 0. The molecule has 0 aromatic rings. The van der Waals surface area contributed by atoms with Gasteiger partial charge in [-0.05, 0) is 41.5 Å². The monoisotopic (exact) mass is 384 g/mol. The zero-order chi connectivity index (χ0) is 20.0. The van der Waals surface area contributed by atoms with Crippen LogP contribution >= 0.6 is 0 Å². The predicted octanol–water partition coefficient (Wildman–Crippen LogP) is 0.818. The van der Waals surface area contributed by atoms with Crippen LogP contribution in [0.25, 0.3) is 0 Å². The van der Waals surface area contributed by atoms with Crippen molar-refractivity contribution >= 4 is 5.97 Å². The van der Waals surface area contributed by atoms with E-state index in [-0.39, 0.29) is 19.3 Å². The lowest BCUT2D eigenvalue weighted by Crippen LogP contribution is -2.63. The van der Waals surface area contributed by atoms with Crippen molar-refractivity contribution in [1.29, 1.82) is 5.26 Å². The van der Waals surface area contributed by atoms with Crippen LogP contribution in [0.4, 0.5) is 0 Å². The number of carbonyl (C=O) groups excluding carboxylic acids is 1. The van der Waals surface area contributed by atoms with Gasteiger partial charge in [-0.3, -0.25) is 10.1 Å². The van der Waals surface area contributed by atoms with Crippen LogP contribution in [0.2, 0.25) is 0 Å². The fourth-order valence-electron chi connectivity index (χ4n) is 3.69. The molecule has 3 aliphatic rings. The number of carbonyl (C=O) groups is 1. The molecule has 0 aliphatic carbocycles. The number of hydrogen-bond donors (Lipinski definition) is 1. The molecule has 5 atom stereocenters. The zero-order valence-electron chi connectivity index (χ0n) is 16.6. The van der Waals surface area contributed by atoms with E-state index < -0.39 is 47.7 Å². The molecule has 152 valence electrons. The highest BCUT2D eigenvalue weighted by Gasteiger charge is 2.67. The molecule has 0 amide bonds. The summed E-state index contributed by atoms with van der Waals surface area (Å²) in [5, 5.41) is 13.1. The summed E-state index contributed by atoms with van der Waals surface area (Å²) in [4.78, 5) is 12.1. The van der Waals surface area contributed by atoms with Crippen molar-refractivity contribution in [2.45, 2.75) is 89.4 Å².